The molecule has 1 fully saturated rings. The molecule has 5 rings (SSSR count). The summed E-state index contributed by atoms with van der Waals surface area (Å²) in [6.07, 6.45) is 2.61. The molecule has 1 saturated heterocycles. The van der Waals surface area contributed by atoms with E-state index in [1.54, 1.807) is 41.4 Å². The van der Waals surface area contributed by atoms with Crippen molar-refractivity contribution in [3.63, 3.8) is 0 Å². The summed E-state index contributed by atoms with van der Waals surface area (Å²) >= 11 is 9.47. The third kappa shape index (κ3) is 4.77. The molecule has 2 aliphatic rings. The van der Waals surface area contributed by atoms with Gasteiger partial charge in [-0.1, -0.05) is 82.1 Å². The van der Waals surface area contributed by atoms with E-state index in [4.69, 9.17) is 11.6 Å². The van der Waals surface area contributed by atoms with Gasteiger partial charge in [0.1, 0.15) is 6.04 Å². The maximum absolute atomic E-state index is 13.6. The van der Waals surface area contributed by atoms with Crippen molar-refractivity contribution in [3.05, 3.63) is 112 Å². The number of hydrazine groups is 1. The van der Waals surface area contributed by atoms with Crippen molar-refractivity contribution >= 4 is 45.0 Å². The number of benzene rings is 3. The Morgan fingerprint density at radius 1 is 0.914 bits per heavy atom. The number of nitrogens with zero attached hydrogens (tertiary/aromatic N) is 2. The lowest BCUT2D eigenvalue weighted by Gasteiger charge is -2.40. The van der Waals surface area contributed by atoms with Crippen LogP contribution in [0.5, 0.6) is 0 Å². The van der Waals surface area contributed by atoms with Crippen LogP contribution in [-0.2, 0) is 16.1 Å². The number of nitrogens with one attached hydrogen (secondary N) is 1. The van der Waals surface area contributed by atoms with Crippen molar-refractivity contribution in [1.29, 1.82) is 0 Å². The standard InChI is InChI=1S/C27H23BrClN3O3/c28-19-8-6-18(7-9-19)25(33)23-15-14-22-24(32(23)30-21-12-10-20(29)11-13-21)27(35)31(26(22)34)16-17-4-2-1-3-5-17/h1-15,22-25,30,33H,16H2/t22?,23?,24-,25?/m0/s1. The van der Waals surface area contributed by atoms with Gasteiger partial charge in [0.05, 0.1) is 24.6 Å². The minimum Gasteiger partial charge on any atom is -0.386 e. The number of carbonyl (C=O) groups is 2. The highest BCUT2D eigenvalue weighted by atomic mass is 79.9. The Hall–Kier alpha value is -2.97. The summed E-state index contributed by atoms with van der Waals surface area (Å²) in [5.74, 6) is -1.21. The molecule has 0 radical (unpaired) electrons. The predicted molar refractivity (Wildman–Crippen MR) is 138 cm³/mol. The van der Waals surface area contributed by atoms with Crippen LogP contribution in [0.3, 0.4) is 0 Å². The van der Waals surface area contributed by atoms with Crippen molar-refractivity contribution < 1.29 is 14.7 Å². The first kappa shape index (κ1) is 23.8. The van der Waals surface area contributed by atoms with E-state index in [-0.39, 0.29) is 18.4 Å². The number of aliphatic hydroxyl groups is 1. The van der Waals surface area contributed by atoms with Gasteiger partial charge < -0.3 is 10.5 Å². The second kappa shape index (κ2) is 9.95. The fraction of sp³-hybridized carbons (Fsp3) is 0.185. The molecular formula is C27H23BrClN3O3. The van der Waals surface area contributed by atoms with E-state index in [2.05, 4.69) is 21.4 Å². The molecule has 35 heavy (non-hydrogen) atoms. The maximum Gasteiger partial charge on any atom is 0.249 e. The number of rotatable bonds is 6. The van der Waals surface area contributed by atoms with E-state index < -0.39 is 24.1 Å². The SMILES string of the molecule is O=C1C2C=CC(C(O)c3ccc(Br)cc3)N(Nc3ccc(Cl)cc3)[C@@H]2C(=O)N1Cc1ccccc1. The number of fused-ring (bicyclic) bond motifs is 1. The number of hydrogen-bond acceptors (Lipinski definition) is 5. The van der Waals surface area contributed by atoms with Crippen LogP contribution >= 0.6 is 27.5 Å². The molecule has 2 aliphatic heterocycles. The first-order valence-electron chi connectivity index (χ1n) is 11.2. The third-order valence-electron chi connectivity index (χ3n) is 6.37. The summed E-state index contributed by atoms with van der Waals surface area (Å²) in [5.41, 5.74) is 5.55. The highest BCUT2D eigenvalue weighted by Gasteiger charge is 2.53. The van der Waals surface area contributed by atoms with Crippen molar-refractivity contribution in [2.45, 2.75) is 24.7 Å². The van der Waals surface area contributed by atoms with Crippen LogP contribution in [0.15, 0.2) is 95.5 Å². The summed E-state index contributed by atoms with van der Waals surface area (Å²) in [5, 5.41) is 13.6. The van der Waals surface area contributed by atoms with Gasteiger partial charge in [-0.05, 0) is 47.5 Å². The molecule has 2 heterocycles. The molecule has 0 saturated carbocycles. The zero-order valence-corrected chi connectivity index (χ0v) is 20.9. The van der Waals surface area contributed by atoms with E-state index in [1.165, 1.54) is 4.90 Å². The number of imide groups is 1. The lowest BCUT2D eigenvalue weighted by atomic mass is 9.90. The lowest BCUT2D eigenvalue weighted by Crippen LogP contribution is -2.55. The molecule has 0 bridgehead atoms. The summed E-state index contributed by atoms with van der Waals surface area (Å²) in [7, 11) is 0. The number of aliphatic hydroxyl groups excluding tert-OH is 1. The van der Waals surface area contributed by atoms with Gasteiger partial charge in [-0.25, -0.2) is 5.01 Å². The van der Waals surface area contributed by atoms with Crippen molar-refractivity contribution in [2.24, 2.45) is 5.92 Å². The number of carbonyl (C=O) groups excluding carboxylic acids is 2. The van der Waals surface area contributed by atoms with E-state index in [9.17, 15) is 14.7 Å². The average molecular weight is 553 g/mol. The van der Waals surface area contributed by atoms with Crippen molar-refractivity contribution in [1.82, 2.24) is 9.91 Å². The molecule has 8 heteroatoms. The van der Waals surface area contributed by atoms with Crippen LogP contribution in [0.4, 0.5) is 5.69 Å². The van der Waals surface area contributed by atoms with Gasteiger partial charge in [0.2, 0.25) is 11.8 Å². The topological polar surface area (TPSA) is 72.9 Å². The van der Waals surface area contributed by atoms with E-state index in [0.717, 1.165) is 10.0 Å². The van der Waals surface area contributed by atoms with Crippen LogP contribution in [0.2, 0.25) is 5.02 Å². The highest BCUT2D eigenvalue weighted by molar-refractivity contribution is 9.10. The minimum absolute atomic E-state index is 0.202. The Balaban J connectivity index is 1.49. The fourth-order valence-electron chi connectivity index (χ4n) is 4.58. The molecule has 2 N–H and O–H groups in total. The normalized spacial score (nSPS) is 22.8. The number of likely N-dealkylation sites (tertiary alicyclic amines) is 1. The zero-order chi connectivity index (χ0) is 24.5. The second-order valence-corrected chi connectivity index (χ2v) is 9.97. The Morgan fingerprint density at radius 2 is 1.60 bits per heavy atom. The molecule has 3 aromatic carbocycles. The van der Waals surface area contributed by atoms with Gasteiger partial charge in [-0.2, -0.15) is 0 Å². The first-order chi connectivity index (χ1) is 16.9. The van der Waals surface area contributed by atoms with Crippen molar-refractivity contribution in [3.8, 4) is 0 Å². The maximum atomic E-state index is 13.6. The quantitative estimate of drug-likeness (QED) is 0.334. The van der Waals surface area contributed by atoms with Gasteiger partial charge in [0.25, 0.3) is 0 Å². The number of hydrogen-bond donors (Lipinski definition) is 2. The molecule has 4 atom stereocenters. The molecule has 178 valence electrons. The van der Waals surface area contributed by atoms with Crippen LogP contribution in [0, 0.1) is 5.92 Å². The third-order valence-corrected chi connectivity index (χ3v) is 7.15. The number of halogens is 2. The lowest BCUT2D eigenvalue weighted by molar-refractivity contribution is -0.140. The zero-order valence-electron chi connectivity index (χ0n) is 18.6. The van der Waals surface area contributed by atoms with E-state index >= 15 is 0 Å². The summed E-state index contributed by atoms with van der Waals surface area (Å²) in [6.45, 7) is 0.202. The Bertz CT molecular complexity index is 1250. The number of anilines is 1. The molecular weight excluding hydrogens is 530 g/mol. The van der Waals surface area contributed by atoms with Gasteiger partial charge in [0, 0.05) is 15.2 Å². The Morgan fingerprint density at radius 3 is 2.29 bits per heavy atom. The first-order valence-corrected chi connectivity index (χ1v) is 12.4. The van der Waals surface area contributed by atoms with Gasteiger partial charge >= 0.3 is 0 Å². The second-order valence-electron chi connectivity index (χ2n) is 8.62. The summed E-state index contributed by atoms with van der Waals surface area (Å²) in [4.78, 5) is 28.2. The van der Waals surface area contributed by atoms with Crippen LogP contribution in [0.25, 0.3) is 0 Å². The summed E-state index contributed by atoms with van der Waals surface area (Å²) in [6, 6.07) is 22.5. The monoisotopic (exact) mass is 551 g/mol. The average Bonchev–Trinajstić information content (AvgIpc) is 3.11. The number of amides is 2. The molecule has 2 amide bonds. The molecule has 3 aromatic rings. The fourth-order valence-corrected chi connectivity index (χ4v) is 4.97. The van der Waals surface area contributed by atoms with E-state index in [0.29, 0.717) is 16.3 Å². The van der Waals surface area contributed by atoms with Crippen LogP contribution in [-0.4, -0.2) is 38.9 Å². The molecule has 6 nitrogen and oxygen atoms in total. The molecule has 3 unspecified atom stereocenters. The summed E-state index contributed by atoms with van der Waals surface area (Å²) < 4.78 is 0.900. The smallest absolute Gasteiger partial charge is 0.249 e. The Kier molecular flexibility index (Phi) is 6.75. The Labute approximate surface area is 216 Å². The molecule has 0 spiro atoms. The molecule has 0 aromatic heterocycles. The predicted octanol–water partition coefficient (Wildman–Crippen LogP) is 4.96. The largest absolute Gasteiger partial charge is 0.386 e. The van der Waals surface area contributed by atoms with Gasteiger partial charge in [-0.15, -0.1) is 0 Å². The van der Waals surface area contributed by atoms with Crippen LogP contribution < -0.4 is 5.43 Å². The van der Waals surface area contributed by atoms with Gasteiger partial charge in [0.15, 0.2) is 0 Å². The van der Waals surface area contributed by atoms with Crippen molar-refractivity contribution in [2.75, 3.05) is 5.43 Å². The van der Waals surface area contributed by atoms with Gasteiger partial charge in [-0.3, -0.25) is 14.5 Å². The highest BCUT2D eigenvalue weighted by Crippen LogP contribution is 2.37. The van der Waals surface area contributed by atoms with Crippen LogP contribution in [0.1, 0.15) is 17.2 Å². The van der Waals surface area contributed by atoms with E-state index in [1.807, 2.05) is 54.6 Å². The molecule has 0 aliphatic carbocycles. The minimum atomic E-state index is -0.939.